The van der Waals surface area contributed by atoms with E-state index in [1.807, 2.05) is 37.6 Å². The maximum atomic E-state index is 12.6. The Bertz CT molecular complexity index is 755. The summed E-state index contributed by atoms with van der Waals surface area (Å²) in [7, 11) is 1.66. The number of hydrogen-bond acceptors (Lipinski definition) is 5. The van der Waals surface area contributed by atoms with Gasteiger partial charge in [-0.15, -0.1) is 0 Å². The molecule has 24 heavy (non-hydrogen) atoms. The van der Waals surface area contributed by atoms with E-state index in [2.05, 4.69) is 25.9 Å². The molecule has 130 valence electrons. The fraction of sp³-hybridized carbons (Fsp3) is 0.562. The minimum atomic E-state index is -0.541. The van der Waals surface area contributed by atoms with Crippen LogP contribution in [0, 0.1) is 0 Å². The Balaban J connectivity index is 1.91. The van der Waals surface area contributed by atoms with Crippen molar-refractivity contribution in [2.45, 2.75) is 44.9 Å². The summed E-state index contributed by atoms with van der Waals surface area (Å²) in [6.45, 7) is 6.07. The van der Waals surface area contributed by atoms with Gasteiger partial charge in [0.15, 0.2) is 5.65 Å². The number of rotatable bonds is 2. The first-order valence-corrected chi connectivity index (χ1v) is 8.58. The smallest absolute Gasteiger partial charge is 0.410 e. The van der Waals surface area contributed by atoms with Crippen molar-refractivity contribution >= 4 is 27.7 Å². The molecule has 0 spiro atoms. The van der Waals surface area contributed by atoms with Gasteiger partial charge < -0.3 is 13.9 Å². The average molecular weight is 397 g/mol. The molecule has 2 aromatic rings. The van der Waals surface area contributed by atoms with Crippen molar-refractivity contribution < 1.29 is 14.3 Å². The summed E-state index contributed by atoms with van der Waals surface area (Å²) in [4.78, 5) is 23.1. The van der Waals surface area contributed by atoms with E-state index in [1.54, 1.807) is 18.2 Å². The summed E-state index contributed by atoms with van der Waals surface area (Å²) in [6, 6.07) is -0.177. The summed E-state index contributed by atoms with van der Waals surface area (Å²) in [5, 5.41) is 0. The van der Waals surface area contributed by atoms with E-state index in [-0.39, 0.29) is 18.2 Å². The van der Waals surface area contributed by atoms with Crippen LogP contribution in [0.2, 0.25) is 0 Å². The highest BCUT2D eigenvalue weighted by atomic mass is 79.9. The number of hydrogen-bond donors (Lipinski definition) is 0. The van der Waals surface area contributed by atoms with Gasteiger partial charge in [-0.2, -0.15) is 0 Å². The third-order valence-corrected chi connectivity index (χ3v) is 4.30. The van der Waals surface area contributed by atoms with Gasteiger partial charge in [-0.25, -0.2) is 14.8 Å². The quantitative estimate of drug-likeness (QED) is 0.779. The van der Waals surface area contributed by atoms with Gasteiger partial charge in [0, 0.05) is 25.9 Å². The van der Waals surface area contributed by atoms with E-state index in [0.717, 1.165) is 15.9 Å². The van der Waals surface area contributed by atoms with Crippen molar-refractivity contribution in [2.24, 2.45) is 0 Å². The number of ether oxygens (including phenoxy) is 2. The first-order valence-electron chi connectivity index (χ1n) is 7.79. The highest BCUT2D eigenvalue weighted by molar-refractivity contribution is 9.10. The van der Waals surface area contributed by atoms with Crippen molar-refractivity contribution in [3.05, 3.63) is 28.9 Å². The van der Waals surface area contributed by atoms with Crippen molar-refractivity contribution in [1.29, 1.82) is 0 Å². The molecular weight excluding hydrogens is 376 g/mol. The molecule has 0 aliphatic carbocycles. The molecule has 1 amide bonds. The standard InChI is InChI=1S/C16H21BrN4O3/c1-16(2,3)24-15(22)21-7-10(23-4)5-12(21)11-8-20-9-13(17)18-6-14(20)19-11/h6,8-10,12H,5,7H2,1-4H3/t10-,12?/m0/s1. The van der Waals surface area contributed by atoms with E-state index >= 15 is 0 Å². The predicted molar refractivity (Wildman–Crippen MR) is 91.8 cm³/mol. The molecular formula is C16H21BrN4O3. The number of methoxy groups -OCH3 is 1. The van der Waals surface area contributed by atoms with Crippen LogP contribution in [-0.4, -0.2) is 50.7 Å². The summed E-state index contributed by atoms with van der Waals surface area (Å²) >= 11 is 3.35. The highest BCUT2D eigenvalue weighted by Gasteiger charge is 2.39. The van der Waals surface area contributed by atoms with Crippen LogP contribution in [0.25, 0.3) is 5.65 Å². The van der Waals surface area contributed by atoms with Gasteiger partial charge in [-0.3, -0.25) is 4.90 Å². The van der Waals surface area contributed by atoms with Crippen LogP contribution < -0.4 is 0 Å². The third kappa shape index (κ3) is 3.54. The molecule has 0 radical (unpaired) electrons. The Labute approximate surface area is 149 Å². The number of aromatic nitrogens is 3. The van der Waals surface area contributed by atoms with E-state index in [0.29, 0.717) is 13.0 Å². The number of imidazole rings is 1. The topological polar surface area (TPSA) is 69.0 Å². The van der Waals surface area contributed by atoms with Crippen molar-refractivity contribution in [2.75, 3.05) is 13.7 Å². The molecule has 0 N–H and O–H groups in total. The van der Waals surface area contributed by atoms with E-state index in [1.165, 1.54) is 0 Å². The zero-order valence-corrected chi connectivity index (χ0v) is 15.8. The molecule has 8 heteroatoms. The number of fused-ring (bicyclic) bond motifs is 1. The van der Waals surface area contributed by atoms with Crippen LogP contribution in [0.1, 0.15) is 38.9 Å². The first-order chi connectivity index (χ1) is 11.3. The zero-order chi connectivity index (χ0) is 17.5. The lowest BCUT2D eigenvalue weighted by molar-refractivity contribution is 0.0192. The normalized spacial score (nSPS) is 21.5. The second-order valence-corrected chi connectivity index (χ2v) is 7.70. The molecule has 1 aliphatic heterocycles. The van der Waals surface area contributed by atoms with Crippen LogP contribution >= 0.6 is 15.9 Å². The lowest BCUT2D eigenvalue weighted by Gasteiger charge is -2.27. The van der Waals surface area contributed by atoms with Gasteiger partial charge in [0.25, 0.3) is 0 Å². The fourth-order valence-electron chi connectivity index (χ4n) is 2.83. The lowest BCUT2D eigenvalue weighted by Crippen LogP contribution is -2.37. The number of carbonyl (C=O) groups excluding carboxylic acids is 1. The monoisotopic (exact) mass is 396 g/mol. The molecule has 7 nitrogen and oxygen atoms in total. The SMILES string of the molecule is CO[C@H]1CC(c2cn3cc(Br)ncc3n2)N(C(=O)OC(C)(C)C)C1. The van der Waals surface area contributed by atoms with Crippen LogP contribution in [-0.2, 0) is 9.47 Å². The van der Waals surface area contributed by atoms with Crippen LogP contribution in [0.4, 0.5) is 4.79 Å². The van der Waals surface area contributed by atoms with Gasteiger partial charge in [-0.05, 0) is 36.7 Å². The first kappa shape index (κ1) is 17.2. The summed E-state index contributed by atoms with van der Waals surface area (Å²) in [5.41, 5.74) is 0.999. The molecule has 1 fully saturated rings. The predicted octanol–water partition coefficient (Wildman–Crippen LogP) is 3.19. The molecule has 0 aromatic carbocycles. The van der Waals surface area contributed by atoms with Gasteiger partial charge in [0.05, 0.1) is 30.6 Å². The number of likely N-dealkylation sites (tertiary alicyclic amines) is 1. The molecule has 0 bridgehead atoms. The van der Waals surface area contributed by atoms with Gasteiger partial charge in [0.2, 0.25) is 0 Å². The Hall–Kier alpha value is -1.67. The van der Waals surface area contributed by atoms with Crippen LogP contribution in [0.5, 0.6) is 0 Å². The number of amides is 1. The van der Waals surface area contributed by atoms with Gasteiger partial charge in [0.1, 0.15) is 10.2 Å². The second kappa shape index (κ2) is 6.33. The van der Waals surface area contributed by atoms with Gasteiger partial charge >= 0.3 is 6.09 Å². The Kier molecular flexibility index (Phi) is 4.52. The molecule has 0 saturated carbocycles. The zero-order valence-electron chi connectivity index (χ0n) is 14.2. The lowest BCUT2D eigenvalue weighted by atomic mass is 10.1. The van der Waals surface area contributed by atoms with Crippen molar-refractivity contribution in [3.8, 4) is 0 Å². The summed E-state index contributed by atoms with van der Waals surface area (Å²) in [6.07, 6.45) is 5.76. The van der Waals surface area contributed by atoms with E-state index in [4.69, 9.17) is 9.47 Å². The Morgan fingerprint density at radius 1 is 1.38 bits per heavy atom. The fourth-order valence-corrected chi connectivity index (χ4v) is 3.15. The largest absolute Gasteiger partial charge is 0.444 e. The Morgan fingerprint density at radius 3 is 2.79 bits per heavy atom. The van der Waals surface area contributed by atoms with E-state index in [9.17, 15) is 4.79 Å². The van der Waals surface area contributed by atoms with Crippen LogP contribution in [0.15, 0.2) is 23.2 Å². The summed E-state index contributed by atoms with van der Waals surface area (Å²) in [5.74, 6) is 0. The molecule has 1 aliphatic rings. The average Bonchev–Trinajstić information content (AvgIpc) is 3.08. The molecule has 1 unspecified atom stereocenters. The minimum absolute atomic E-state index is 0.0304. The van der Waals surface area contributed by atoms with Gasteiger partial charge in [-0.1, -0.05) is 0 Å². The maximum Gasteiger partial charge on any atom is 0.410 e. The minimum Gasteiger partial charge on any atom is -0.444 e. The number of nitrogens with zero attached hydrogens (tertiary/aromatic N) is 4. The highest BCUT2D eigenvalue weighted by Crippen LogP contribution is 2.34. The molecule has 3 rings (SSSR count). The number of halogens is 1. The van der Waals surface area contributed by atoms with Crippen molar-refractivity contribution in [3.63, 3.8) is 0 Å². The molecule has 2 atom stereocenters. The van der Waals surface area contributed by atoms with Crippen molar-refractivity contribution in [1.82, 2.24) is 19.3 Å². The molecule has 2 aromatic heterocycles. The van der Waals surface area contributed by atoms with Crippen LogP contribution in [0.3, 0.4) is 0 Å². The summed E-state index contributed by atoms with van der Waals surface area (Å²) < 4.78 is 13.6. The molecule has 1 saturated heterocycles. The Morgan fingerprint density at radius 2 is 2.12 bits per heavy atom. The third-order valence-electron chi connectivity index (χ3n) is 3.89. The maximum absolute atomic E-state index is 12.6. The molecule has 3 heterocycles. The second-order valence-electron chi connectivity index (χ2n) is 6.88. The van der Waals surface area contributed by atoms with E-state index < -0.39 is 5.60 Å². The number of carbonyl (C=O) groups is 1.